The maximum Gasteiger partial charge on any atom is 0.252 e. The Balaban J connectivity index is 2.75. The largest absolute Gasteiger partial charge is 0.399 e. The van der Waals surface area contributed by atoms with Crippen LogP contribution in [0.25, 0.3) is 0 Å². The molecule has 1 rings (SSSR count). The van der Waals surface area contributed by atoms with Gasteiger partial charge in [-0.2, -0.15) is 0 Å². The van der Waals surface area contributed by atoms with Crippen molar-refractivity contribution in [3.05, 3.63) is 28.8 Å². The molecule has 0 aliphatic rings. The van der Waals surface area contributed by atoms with Crippen molar-refractivity contribution in [2.45, 2.75) is 19.4 Å². The van der Waals surface area contributed by atoms with E-state index in [-0.39, 0.29) is 11.4 Å². The number of amides is 1. The molecule has 5 heteroatoms. The van der Waals surface area contributed by atoms with E-state index < -0.39 is 0 Å². The molecular weight excluding hydrogens is 250 g/mol. The van der Waals surface area contributed by atoms with Crippen LogP contribution in [0.15, 0.2) is 18.2 Å². The van der Waals surface area contributed by atoms with Gasteiger partial charge in [0, 0.05) is 17.8 Å². The van der Waals surface area contributed by atoms with E-state index in [0.717, 1.165) is 0 Å². The summed E-state index contributed by atoms with van der Waals surface area (Å²) in [6.45, 7) is 4.63. The fourth-order valence-corrected chi connectivity index (χ4v) is 1.47. The molecule has 1 aromatic carbocycles. The van der Waals surface area contributed by atoms with Gasteiger partial charge in [0.1, 0.15) is 0 Å². The van der Waals surface area contributed by atoms with E-state index in [4.69, 9.17) is 17.3 Å². The fraction of sp³-hybridized carbons (Fsp3) is 0.462. The summed E-state index contributed by atoms with van der Waals surface area (Å²) in [7, 11) is 3.94. The fourth-order valence-electron chi connectivity index (χ4n) is 1.27. The van der Waals surface area contributed by atoms with E-state index in [0.29, 0.717) is 22.8 Å². The normalized spacial score (nSPS) is 11.7. The maximum absolute atomic E-state index is 12.0. The second kappa shape index (κ2) is 5.59. The molecule has 18 heavy (non-hydrogen) atoms. The highest BCUT2D eigenvalue weighted by Crippen LogP contribution is 2.19. The number of nitrogens with one attached hydrogen (secondary N) is 1. The van der Waals surface area contributed by atoms with Crippen LogP contribution in [0.1, 0.15) is 24.2 Å². The number of likely N-dealkylation sites (N-methyl/N-ethyl adjacent to an activating group) is 1. The van der Waals surface area contributed by atoms with Gasteiger partial charge in [-0.25, -0.2) is 0 Å². The van der Waals surface area contributed by atoms with Crippen LogP contribution < -0.4 is 11.1 Å². The van der Waals surface area contributed by atoms with Gasteiger partial charge in [0.05, 0.1) is 10.6 Å². The highest BCUT2D eigenvalue weighted by molar-refractivity contribution is 6.34. The minimum atomic E-state index is -0.206. The van der Waals surface area contributed by atoms with Crippen molar-refractivity contribution < 1.29 is 4.79 Å². The minimum absolute atomic E-state index is 0.123. The summed E-state index contributed by atoms with van der Waals surface area (Å²) in [5, 5.41) is 3.27. The molecule has 0 unspecified atom stereocenters. The third-order valence-corrected chi connectivity index (χ3v) is 3.46. The zero-order chi connectivity index (χ0) is 13.9. The van der Waals surface area contributed by atoms with Crippen LogP contribution in [0, 0.1) is 0 Å². The minimum Gasteiger partial charge on any atom is -0.399 e. The molecule has 3 N–H and O–H groups in total. The van der Waals surface area contributed by atoms with Crippen molar-refractivity contribution in [2.75, 3.05) is 26.4 Å². The van der Waals surface area contributed by atoms with E-state index in [9.17, 15) is 4.79 Å². The van der Waals surface area contributed by atoms with Crippen molar-refractivity contribution in [2.24, 2.45) is 0 Å². The molecule has 0 saturated carbocycles. The van der Waals surface area contributed by atoms with Crippen LogP contribution in [-0.2, 0) is 0 Å². The third-order valence-electron chi connectivity index (χ3n) is 3.13. The van der Waals surface area contributed by atoms with Crippen molar-refractivity contribution in [1.82, 2.24) is 10.2 Å². The molecule has 0 heterocycles. The quantitative estimate of drug-likeness (QED) is 0.822. The Morgan fingerprint density at radius 1 is 1.44 bits per heavy atom. The summed E-state index contributed by atoms with van der Waals surface area (Å²) < 4.78 is 0. The first-order valence-corrected chi connectivity index (χ1v) is 6.12. The molecule has 0 aliphatic heterocycles. The van der Waals surface area contributed by atoms with Crippen molar-refractivity contribution >= 4 is 23.2 Å². The van der Waals surface area contributed by atoms with E-state index in [2.05, 4.69) is 5.32 Å². The van der Waals surface area contributed by atoms with Gasteiger partial charge >= 0.3 is 0 Å². The van der Waals surface area contributed by atoms with Gasteiger partial charge < -0.3 is 16.0 Å². The number of anilines is 1. The second-order valence-electron chi connectivity index (χ2n) is 5.13. The molecule has 0 radical (unpaired) electrons. The van der Waals surface area contributed by atoms with Crippen LogP contribution in [-0.4, -0.2) is 37.0 Å². The van der Waals surface area contributed by atoms with Crippen LogP contribution in [0.3, 0.4) is 0 Å². The summed E-state index contributed by atoms with van der Waals surface area (Å²) in [5.74, 6) is -0.206. The van der Waals surface area contributed by atoms with Crippen molar-refractivity contribution in [3.8, 4) is 0 Å². The summed E-state index contributed by atoms with van der Waals surface area (Å²) in [4.78, 5) is 14.1. The van der Waals surface area contributed by atoms with Gasteiger partial charge in [0.15, 0.2) is 0 Å². The first-order chi connectivity index (χ1) is 8.24. The number of nitrogen functional groups attached to an aromatic ring is 1. The molecule has 100 valence electrons. The molecule has 0 aliphatic carbocycles. The Labute approximate surface area is 113 Å². The average molecular weight is 270 g/mol. The lowest BCUT2D eigenvalue weighted by atomic mass is 10.0. The number of rotatable bonds is 4. The molecular formula is C13H20ClN3O. The predicted octanol–water partition coefficient (Wildman–Crippen LogP) is 1.99. The summed E-state index contributed by atoms with van der Waals surface area (Å²) in [6.07, 6.45) is 0. The Kier molecular flexibility index (Phi) is 4.59. The molecule has 0 fully saturated rings. The van der Waals surface area contributed by atoms with Crippen LogP contribution in [0.4, 0.5) is 5.69 Å². The number of nitrogens with two attached hydrogens (primary N) is 1. The van der Waals surface area contributed by atoms with Crippen LogP contribution in [0.5, 0.6) is 0 Å². The number of benzene rings is 1. The lowest BCUT2D eigenvalue weighted by Crippen LogP contribution is -2.48. The molecule has 0 saturated heterocycles. The molecule has 4 nitrogen and oxygen atoms in total. The zero-order valence-corrected chi connectivity index (χ0v) is 12.0. The molecule has 0 bridgehead atoms. The Bertz CT molecular complexity index is 444. The number of halogens is 1. The van der Waals surface area contributed by atoms with Gasteiger partial charge in [-0.15, -0.1) is 0 Å². The van der Waals surface area contributed by atoms with Gasteiger partial charge in [-0.05, 0) is 46.1 Å². The molecule has 0 spiro atoms. The SMILES string of the molecule is CN(C)C(C)(C)CNC(=O)c1cc(N)ccc1Cl. The lowest BCUT2D eigenvalue weighted by molar-refractivity contribution is 0.0920. The second-order valence-corrected chi connectivity index (χ2v) is 5.54. The highest BCUT2D eigenvalue weighted by Gasteiger charge is 2.22. The Morgan fingerprint density at radius 3 is 2.61 bits per heavy atom. The summed E-state index contributed by atoms with van der Waals surface area (Å²) in [6, 6.07) is 4.88. The van der Waals surface area contributed by atoms with Gasteiger partial charge in [-0.3, -0.25) is 4.79 Å². The van der Waals surface area contributed by atoms with Gasteiger partial charge in [0.25, 0.3) is 5.91 Å². The third kappa shape index (κ3) is 3.62. The van der Waals surface area contributed by atoms with E-state index in [1.807, 2.05) is 32.8 Å². The highest BCUT2D eigenvalue weighted by atomic mass is 35.5. The van der Waals surface area contributed by atoms with Gasteiger partial charge in [0.2, 0.25) is 0 Å². The number of carbonyl (C=O) groups excluding carboxylic acids is 1. The van der Waals surface area contributed by atoms with Crippen LogP contribution >= 0.6 is 11.6 Å². The number of hydrogen-bond acceptors (Lipinski definition) is 3. The Hall–Kier alpha value is -1.26. The average Bonchev–Trinajstić information content (AvgIpc) is 2.29. The zero-order valence-electron chi connectivity index (χ0n) is 11.2. The number of hydrogen-bond donors (Lipinski definition) is 2. The van der Waals surface area contributed by atoms with Crippen molar-refractivity contribution in [3.63, 3.8) is 0 Å². The molecule has 0 atom stereocenters. The molecule has 1 aromatic rings. The molecule has 1 amide bonds. The standard InChI is InChI=1S/C13H20ClN3O/c1-13(2,17(3)4)8-16-12(18)10-7-9(15)5-6-11(10)14/h5-7H,8,15H2,1-4H3,(H,16,18). The molecule has 0 aromatic heterocycles. The Morgan fingerprint density at radius 2 is 2.06 bits per heavy atom. The first-order valence-electron chi connectivity index (χ1n) is 5.74. The van der Waals surface area contributed by atoms with Crippen LogP contribution in [0.2, 0.25) is 5.02 Å². The maximum atomic E-state index is 12.0. The van der Waals surface area contributed by atoms with Gasteiger partial charge in [-0.1, -0.05) is 11.6 Å². The van der Waals surface area contributed by atoms with E-state index >= 15 is 0 Å². The van der Waals surface area contributed by atoms with E-state index in [1.54, 1.807) is 18.2 Å². The van der Waals surface area contributed by atoms with E-state index in [1.165, 1.54) is 0 Å². The monoisotopic (exact) mass is 269 g/mol. The topological polar surface area (TPSA) is 58.4 Å². The first kappa shape index (κ1) is 14.8. The number of nitrogens with zero attached hydrogens (tertiary/aromatic N) is 1. The summed E-state index contributed by atoms with van der Waals surface area (Å²) in [5.41, 5.74) is 6.46. The lowest BCUT2D eigenvalue weighted by Gasteiger charge is -2.32. The van der Waals surface area contributed by atoms with Crippen molar-refractivity contribution in [1.29, 1.82) is 0 Å². The smallest absolute Gasteiger partial charge is 0.252 e. The number of carbonyl (C=O) groups is 1. The predicted molar refractivity (Wildman–Crippen MR) is 76.0 cm³/mol. The summed E-state index contributed by atoms with van der Waals surface area (Å²) >= 11 is 5.98.